The smallest absolute Gasteiger partial charge is 0.116 e. The third-order valence-electron chi connectivity index (χ3n) is 1.19. The fourth-order valence-electron chi connectivity index (χ4n) is 0.678. The fourth-order valence-corrected chi connectivity index (χ4v) is 0.678. The minimum absolute atomic E-state index is 0.824. The second-order valence-electron chi connectivity index (χ2n) is 1.77. The number of hydrogen-bond acceptors (Lipinski definition) is 3. The summed E-state index contributed by atoms with van der Waals surface area (Å²) in [5.41, 5.74) is 1.74. The molecular formula is C9H12N2O. The second kappa shape index (κ2) is 6.24. The highest BCUT2D eigenvalue weighted by molar-refractivity contribution is 5.58. The molecule has 0 fully saturated rings. The molecule has 1 N–H and O–H groups in total. The highest BCUT2D eigenvalue weighted by atomic mass is 16.2. The van der Waals surface area contributed by atoms with Gasteiger partial charge in [-0.2, -0.15) is 0 Å². The fraction of sp³-hybridized carbons (Fsp3) is 0.111. The molecule has 0 aliphatic carbocycles. The van der Waals surface area contributed by atoms with Gasteiger partial charge in [0, 0.05) is 18.9 Å². The molecular weight excluding hydrogens is 152 g/mol. The molecule has 64 valence electrons. The third-order valence-corrected chi connectivity index (χ3v) is 1.19. The Labute approximate surface area is 72.1 Å². The van der Waals surface area contributed by atoms with Gasteiger partial charge in [-0.05, 0) is 6.08 Å². The Morgan fingerprint density at radius 3 is 2.42 bits per heavy atom. The molecule has 0 radical (unpaired) electrons. The molecule has 1 aromatic rings. The molecule has 3 nitrogen and oxygen atoms in total. The van der Waals surface area contributed by atoms with Crippen LogP contribution < -0.4 is 0 Å². The van der Waals surface area contributed by atoms with Crippen molar-refractivity contribution in [3.05, 3.63) is 36.9 Å². The Bertz CT molecular complexity index is 231. The minimum atomic E-state index is 0.824. The van der Waals surface area contributed by atoms with Gasteiger partial charge in [-0.3, -0.25) is 0 Å². The van der Waals surface area contributed by atoms with E-state index in [0.717, 1.165) is 18.4 Å². The Morgan fingerprint density at radius 1 is 1.33 bits per heavy atom. The van der Waals surface area contributed by atoms with E-state index in [9.17, 15) is 0 Å². The average molecular weight is 164 g/mol. The summed E-state index contributed by atoms with van der Waals surface area (Å²) in [6.45, 7) is 7.21. The van der Waals surface area contributed by atoms with Gasteiger partial charge in [0.25, 0.3) is 0 Å². The first-order valence-corrected chi connectivity index (χ1v) is 3.38. The van der Waals surface area contributed by atoms with E-state index in [0.29, 0.717) is 0 Å². The Hall–Kier alpha value is -1.48. The first kappa shape index (κ1) is 10.5. The molecule has 1 aromatic heterocycles. The average Bonchev–Trinajstić information content (AvgIpc) is 2.20. The first-order chi connectivity index (χ1) is 5.88. The topological polar surface area (TPSA) is 46.0 Å². The van der Waals surface area contributed by atoms with Gasteiger partial charge in [-0.15, -0.1) is 0 Å². The van der Waals surface area contributed by atoms with Gasteiger partial charge >= 0.3 is 0 Å². The molecule has 12 heavy (non-hydrogen) atoms. The Balaban J connectivity index is 0.000000561. The largest absolute Gasteiger partial charge is 0.400 e. The zero-order chi connectivity index (χ0) is 9.40. The number of aliphatic hydroxyl groups excluding tert-OH is 1. The zero-order valence-electron chi connectivity index (χ0n) is 7.07. The van der Waals surface area contributed by atoms with Crippen LogP contribution in [0.1, 0.15) is 11.3 Å². The number of aromatic nitrogens is 2. The van der Waals surface area contributed by atoms with Gasteiger partial charge in [0.2, 0.25) is 0 Å². The van der Waals surface area contributed by atoms with Crippen LogP contribution in [0.4, 0.5) is 0 Å². The van der Waals surface area contributed by atoms with Crippen LogP contribution in [0.5, 0.6) is 0 Å². The van der Waals surface area contributed by atoms with Gasteiger partial charge < -0.3 is 5.11 Å². The molecule has 0 aromatic carbocycles. The van der Waals surface area contributed by atoms with E-state index in [1.807, 2.05) is 0 Å². The first-order valence-electron chi connectivity index (χ1n) is 3.38. The van der Waals surface area contributed by atoms with Gasteiger partial charge in [-0.25, -0.2) is 9.97 Å². The Morgan fingerprint density at radius 2 is 2.00 bits per heavy atom. The molecule has 0 bridgehead atoms. The molecule has 0 spiro atoms. The van der Waals surface area contributed by atoms with E-state index in [-0.39, 0.29) is 0 Å². The predicted octanol–water partition coefficient (Wildman–Crippen LogP) is 1.37. The molecule has 3 heteroatoms. The lowest BCUT2D eigenvalue weighted by Gasteiger charge is -1.94. The lowest BCUT2D eigenvalue weighted by molar-refractivity contribution is 0.399. The third kappa shape index (κ3) is 2.64. The maximum Gasteiger partial charge on any atom is 0.116 e. The molecule has 1 rings (SSSR count). The highest BCUT2D eigenvalue weighted by Crippen LogP contribution is 2.04. The monoisotopic (exact) mass is 164 g/mol. The summed E-state index contributed by atoms with van der Waals surface area (Å²) in [6.07, 6.45) is 6.58. The summed E-state index contributed by atoms with van der Waals surface area (Å²) in [5, 5.41) is 7.00. The summed E-state index contributed by atoms with van der Waals surface area (Å²) in [5.74, 6) is 0. The van der Waals surface area contributed by atoms with Crippen molar-refractivity contribution in [1.82, 2.24) is 9.97 Å². The molecule has 0 atom stereocenters. The normalized spacial score (nSPS) is 7.83. The van der Waals surface area contributed by atoms with Crippen LogP contribution in [0, 0.1) is 0 Å². The van der Waals surface area contributed by atoms with Crippen molar-refractivity contribution in [2.75, 3.05) is 7.11 Å². The van der Waals surface area contributed by atoms with E-state index in [4.69, 9.17) is 5.11 Å². The van der Waals surface area contributed by atoms with E-state index < -0.39 is 0 Å². The summed E-state index contributed by atoms with van der Waals surface area (Å²) in [7, 11) is 1.00. The quantitative estimate of drug-likeness (QED) is 0.718. The van der Waals surface area contributed by atoms with Crippen LogP contribution in [-0.2, 0) is 0 Å². The van der Waals surface area contributed by atoms with Gasteiger partial charge in [0.05, 0.1) is 5.69 Å². The molecule has 0 aliphatic heterocycles. The van der Waals surface area contributed by atoms with Crippen LogP contribution in [0.3, 0.4) is 0 Å². The highest BCUT2D eigenvalue weighted by Gasteiger charge is 1.92. The van der Waals surface area contributed by atoms with Crippen LogP contribution in [0.15, 0.2) is 25.7 Å². The Kier molecular flexibility index (Phi) is 5.47. The summed E-state index contributed by atoms with van der Waals surface area (Å²) in [6, 6.07) is 0. The van der Waals surface area contributed by atoms with E-state index in [2.05, 4.69) is 23.1 Å². The van der Waals surface area contributed by atoms with E-state index in [1.165, 1.54) is 6.33 Å². The maximum absolute atomic E-state index is 7.00. The number of hydrogen-bond donors (Lipinski definition) is 1. The second-order valence-corrected chi connectivity index (χ2v) is 1.77. The summed E-state index contributed by atoms with van der Waals surface area (Å²) >= 11 is 0. The molecule has 0 unspecified atom stereocenters. The van der Waals surface area contributed by atoms with E-state index in [1.54, 1.807) is 18.3 Å². The van der Waals surface area contributed by atoms with Gasteiger partial charge in [0.15, 0.2) is 0 Å². The molecule has 0 saturated carbocycles. The summed E-state index contributed by atoms with van der Waals surface area (Å²) in [4.78, 5) is 7.80. The van der Waals surface area contributed by atoms with Crippen molar-refractivity contribution in [2.45, 2.75) is 0 Å². The standard InChI is InChI=1S/C8H8N2.CH4O/c1-3-7-5-9-6-10-8(7)4-2;1-2/h3-6H,1-2H2;2H,1H3. The lowest BCUT2D eigenvalue weighted by atomic mass is 10.2. The van der Waals surface area contributed by atoms with Crippen LogP contribution in [0.2, 0.25) is 0 Å². The van der Waals surface area contributed by atoms with Crippen LogP contribution >= 0.6 is 0 Å². The minimum Gasteiger partial charge on any atom is -0.400 e. The van der Waals surface area contributed by atoms with Crippen LogP contribution in [0.25, 0.3) is 12.2 Å². The number of nitrogens with zero attached hydrogens (tertiary/aromatic N) is 2. The van der Waals surface area contributed by atoms with Crippen molar-refractivity contribution >= 4 is 12.2 Å². The van der Waals surface area contributed by atoms with Gasteiger partial charge in [-0.1, -0.05) is 19.2 Å². The number of rotatable bonds is 2. The maximum atomic E-state index is 7.00. The lowest BCUT2D eigenvalue weighted by Crippen LogP contribution is -1.86. The van der Waals surface area contributed by atoms with Crippen molar-refractivity contribution < 1.29 is 5.11 Å². The molecule has 0 aliphatic rings. The van der Waals surface area contributed by atoms with Crippen molar-refractivity contribution in [2.24, 2.45) is 0 Å². The molecule has 0 amide bonds. The van der Waals surface area contributed by atoms with E-state index >= 15 is 0 Å². The van der Waals surface area contributed by atoms with Crippen molar-refractivity contribution in [1.29, 1.82) is 0 Å². The van der Waals surface area contributed by atoms with Crippen LogP contribution in [-0.4, -0.2) is 22.2 Å². The molecule has 0 saturated heterocycles. The molecule has 1 heterocycles. The van der Waals surface area contributed by atoms with Crippen molar-refractivity contribution in [3.63, 3.8) is 0 Å². The number of aliphatic hydroxyl groups is 1. The van der Waals surface area contributed by atoms with Crippen molar-refractivity contribution in [3.8, 4) is 0 Å². The SMILES string of the molecule is C=Cc1cncnc1C=C.CO. The predicted molar refractivity (Wildman–Crippen MR) is 50.4 cm³/mol. The van der Waals surface area contributed by atoms with Gasteiger partial charge in [0.1, 0.15) is 6.33 Å². The zero-order valence-corrected chi connectivity index (χ0v) is 7.07. The summed E-state index contributed by atoms with van der Waals surface area (Å²) < 4.78 is 0.